The second-order valence-electron chi connectivity index (χ2n) is 6.19. The van der Waals surface area contributed by atoms with Crippen LogP contribution in [0.15, 0.2) is 59.8 Å². The number of aromatic nitrogens is 1. The molecule has 1 aliphatic rings. The fourth-order valence-electron chi connectivity index (χ4n) is 3.27. The first-order chi connectivity index (χ1) is 12.7. The number of hydrogen-bond acceptors (Lipinski definition) is 5. The number of nitrogens with zero attached hydrogens (tertiary/aromatic N) is 3. The largest absolute Gasteiger partial charge is 0.355 e. The van der Waals surface area contributed by atoms with E-state index < -0.39 is 6.35 Å². The molecule has 0 saturated heterocycles. The van der Waals surface area contributed by atoms with Crippen molar-refractivity contribution < 1.29 is 9.50 Å². The Kier molecular flexibility index (Phi) is 4.32. The molecule has 0 radical (unpaired) electrons. The molecule has 0 amide bonds. The van der Waals surface area contributed by atoms with E-state index in [0.717, 1.165) is 17.5 Å². The third-order valence-corrected chi connectivity index (χ3v) is 4.48. The van der Waals surface area contributed by atoms with Crippen molar-refractivity contribution in [2.75, 3.05) is 11.4 Å². The van der Waals surface area contributed by atoms with Gasteiger partial charge in [-0.25, -0.2) is 4.39 Å². The van der Waals surface area contributed by atoms with E-state index in [1.54, 1.807) is 11.0 Å². The summed E-state index contributed by atoms with van der Waals surface area (Å²) in [6, 6.07) is 14.2. The maximum Gasteiger partial charge on any atom is 0.226 e. The molecule has 1 aliphatic heterocycles. The number of aryl methyl sites for hydroxylation is 1. The monoisotopic (exact) mass is 353 g/mol. The summed E-state index contributed by atoms with van der Waals surface area (Å²) in [6.45, 7) is 1.29. The van der Waals surface area contributed by atoms with Crippen LogP contribution in [-0.2, 0) is 6.54 Å². The van der Waals surface area contributed by atoms with Crippen molar-refractivity contribution >= 4 is 22.4 Å². The van der Waals surface area contributed by atoms with E-state index in [2.05, 4.69) is 10.5 Å². The van der Waals surface area contributed by atoms with E-state index in [1.165, 1.54) is 12.1 Å². The maximum atomic E-state index is 13.9. The highest BCUT2D eigenvalue weighted by Crippen LogP contribution is 2.33. The molecule has 4 rings (SSSR count). The third kappa shape index (κ3) is 2.81. The van der Waals surface area contributed by atoms with E-state index >= 15 is 0 Å². The van der Waals surface area contributed by atoms with Crippen molar-refractivity contribution in [1.82, 2.24) is 9.99 Å². The second kappa shape index (κ2) is 6.78. The number of rotatable bonds is 5. The van der Waals surface area contributed by atoms with E-state index in [9.17, 15) is 9.50 Å². The quantitative estimate of drug-likeness (QED) is 0.657. The van der Waals surface area contributed by atoms with Crippen molar-refractivity contribution in [2.45, 2.75) is 19.3 Å². The van der Waals surface area contributed by atoms with Gasteiger partial charge in [0, 0.05) is 23.7 Å². The lowest BCUT2D eigenvalue weighted by atomic mass is 10.1. The van der Waals surface area contributed by atoms with Crippen LogP contribution in [0, 0.1) is 5.82 Å². The average molecular weight is 353 g/mol. The van der Waals surface area contributed by atoms with Crippen LogP contribution in [0.3, 0.4) is 0 Å². The lowest BCUT2D eigenvalue weighted by molar-refractivity contribution is 0.159. The van der Waals surface area contributed by atoms with Crippen LogP contribution >= 0.6 is 0 Å². The zero-order valence-electron chi connectivity index (χ0n) is 14.1. The summed E-state index contributed by atoms with van der Waals surface area (Å²) in [6.07, 6.45) is 1.69. The minimum Gasteiger partial charge on any atom is -0.355 e. The number of nitrogens with two attached hydrogens (primary N) is 1. The zero-order valence-corrected chi connectivity index (χ0v) is 14.1. The molecule has 0 saturated carbocycles. The molecule has 0 fully saturated rings. The van der Waals surface area contributed by atoms with Gasteiger partial charge in [0.15, 0.2) is 5.84 Å². The minimum absolute atomic E-state index is 0.324. The van der Waals surface area contributed by atoms with Crippen LogP contribution in [0.5, 0.6) is 0 Å². The van der Waals surface area contributed by atoms with Gasteiger partial charge in [-0.05, 0) is 31.2 Å². The van der Waals surface area contributed by atoms with Crippen LogP contribution in [-0.4, -0.2) is 28.4 Å². The number of aliphatic hydroxyl groups excluding tert-OH is 1. The van der Waals surface area contributed by atoms with Gasteiger partial charge in [-0.3, -0.25) is 10.3 Å². The summed E-state index contributed by atoms with van der Waals surface area (Å²) in [4.78, 5) is 1.68. The average Bonchev–Trinajstić information content (AvgIpc) is 3.20. The highest BCUT2D eigenvalue weighted by atomic mass is 19.1. The minimum atomic E-state index is -1.03. The number of hydrazone groups is 1. The lowest BCUT2D eigenvalue weighted by Gasteiger charge is -2.22. The number of fused-ring (bicyclic) bond motifs is 1. The van der Waals surface area contributed by atoms with Crippen molar-refractivity contribution in [1.29, 1.82) is 0 Å². The highest BCUT2D eigenvalue weighted by Gasteiger charge is 2.30. The highest BCUT2D eigenvalue weighted by molar-refractivity contribution is 6.14. The summed E-state index contributed by atoms with van der Waals surface area (Å²) in [5.41, 5.74) is 10.8. The molecule has 0 aliphatic carbocycles. The molecular formula is C19H20FN5O. The molecule has 7 heteroatoms. The predicted molar refractivity (Wildman–Crippen MR) is 100 cm³/mol. The summed E-state index contributed by atoms with van der Waals surface area (Å²) < 4.78 is 16.0. The van der Waals surface area contributed by atoms with E-state index in [4.69, 9.17) is 5.73 Å². The standard InChI is InChI=1S/C19H20FN5O/c20-14-7-8-16-15(11-14)17(12-24(16)10-4-9-21)25-18(22-23-19(25)26)13-5-2-1-3-6-13/h1-3,5-8,11-12,19,23,26H,4,9-10,21H2. The lowest BCUT2D eigenvalue weighted by Crippen LogP contribution is -2.40. The Bertz CT molecular complexity index is 953. The maximum absolute atomic E-state index is 13.9. The van der Waals surface area contributed by atoms with Gasteiger partial charge in [0.25, 0.3) is 0 Å². The molecule has 1 unspecified atom stereocenters. The molecule has 6 nitrogen and oxygen atoms in total. The summed E-state index contributed by atoms with van der Waals surface area (Å²) in [5.74, 6) is 0.260. The normalized spacial score (nSPS) is 16.8. The van der Waals surface area contributed by atoms with E-state index in [1.807, 2.05) is 41.1 Å². The molecule has 134 valence electrons. The molecule has 26 heavy (non-hydrogen) atoms. The van der Waals surface area contributed by atoms with Crippen LogP contribution in [0.4, 0.5) is 10.1 Å². The number of benzene rings is 2. The second-order valence-corrected chi connectivity index (χ2v) is 6.19. The number of halogens is 1. The number of nitrogens with one attached hydrogen (secondary N) is 1. The molecule has 0 bridgehead atoms. The fraction of sp³-hybridized carbons (Fsp3) is 0.211. The molecule has 2 heterocycles. The summed E-state index contributed by atoms with van der Waals surface area (Å²) >= 11 is 0. The SMILES string of the molecule is NCCCn1cc(N2C(c3ccccc3)=NNC2O)c2cc(F)ccc21. The topological polar surface area (TPSA) is 78.8 Å². The smallest absolute Gasteiger partial charge is 0.226 e. The van der Waals surface area contributed by atoms with Gasteiger partial charge in [0.2, 0.25) is 6.35 Å². The molecule has 2 aromatic carbocycles. The van der Waals surface area contributed by atoms with Gasteiger partial charge < -0.3 is 15.4 Å². The Morgan fingerprint density at radius 3 is 2.77 bits per heavy atom. The summed E-state index contributed by atoms with van der Waals surface area (Å²) in [7, 11) is 0. The first-order valence-electron chi connectivity index (χ1n) is 8.53. The van der Waals surface area contributed by atoms with Crippen LogP contribution in [0.2, 0.25) is 0 Å². The number of amidine groups is 1. The molecular weight excluding hydrogens is 333 g/mol. The number of hydrogen-bond donors (Lipinski definition) is 3. The molecule has 0 spiro atoms. The van der Waals surface area contributed by atoms with Crippen LogP contribution < -0.4 is 16.1 Å². The van der Waals surface area contributed by atoms with E-state index in [0.29, 0.717) is 30.0 Å². The van der Waals surface area contributed by atoms with Crippen molar-refractivity contribution in [3.05, 3.63) is 66.1 Å². The van der Waals surface area contributed by atoms with Crippen LogP contribution in [0.25, 0.3) is 10.9 Å². The Labute approximate surface area is 150 Å². The van der Waals surface area contributed by atoms with Gasteiger partial charge in [0.1, 0.15) is 5.82 Å². The number of anilines is 1. The Morgan fingerprint density at radius 1 is 1.19 bits per heavy atom. The van der Waals surface area contributed by atoms with Crippen LogP contribution in [0.1, 0.15) is 12.0 Å². The molecule has 1 atom stereocenters. The van der Waals surface area contributed by atoms with Crippen molar-refractivity contribution in [3.8, 4) is 0 Å². The van der Waals surface area contributed by atoms with Crippen molar-refractivity contribution in [3.63, 3.8) is 0 Å². The van der Waals surface area contributed by atoms with Gasteiger partial charge in [-0.2, -0.15) is 5.10 Å². The van der Waals surface area contributed by atoms with Crippen molar-refractivity contribution in [2.24, 2.45) is 10.8 Å². The van der Waals surface area contributed by atoms with Gasteiger partial charge in [-0.1, -0.05) is 30.3 Å². The first kappa shape index (κ1) is 16.6. The van der Waals surface area contributed by atoms with E-state index in [-0.39, 0.29) is 5.82 Å². The Hall–Kier alpha value is -2.90. The predicted octanol–water partition coefficient (Wildman–Crippen LogP) is 2.18. The summed E-state index contributed by atoms with van der Waals surface area (Å²) in [5, 5.41) is 15.4. The zero-order chi connectivity index (χ0) is 18.1. The Morgan fingerprint density at radius 2 is 2.00 bits per heavy atom. The Balaban J connectivity index is 1.84. The molecule has 1 aromatic heterocycles. The molecule has 3 aromatic rings. The third-order valence-electron chi connectivity index (χ3n) is 4.48. The van der Waals surface area contributed by atoms with Gasteiger partial charge in [-0.15, -0.1) is 0 Å². The molecule has 4 N–H and O–H groups in total. The fourth-order valence-corrected chi connectivity index (χ4v) is 3.27. The first-order valence-corrected chi connectivity index (χ1v) is 8.53. The van der Waals surface area contributed by atoms with Gasteiger partial charge in [0.05, 0.1) is 11.2 Å². The van der Waals surface area contributed by atoms with Gasteiger partial charge >= 0.3 is 0 Å². The number of aliphatic hydroxyl groups is 1.